The maximum Gasteiger partial charge on any atom is 0.320 e. The van der Waals surface area contributed by atoms with Gasteiger partial charge in [0.05, 0.1) is 0 Å². The smallest absolute Gasteiger partial charge is 0.320 e. The molecule has 1 unspecified atom stereocenters. The maximum absolute atomic E-state index is 10.2. The Morgan fingerprint density at radius 3 is 1.53 bits per heavy atom. The van der Waals surface area contributed by atoms with Gasteiger partial charge in [0.2, 0.25) is 0 Å². The van der Waals surface area contributed by atoms with Crippen LogP contribution in [0.1, 0.15) is 45.4 Å². The summed E-state index contributed by atoms with van der Waals surface area (Å²) in [5.74, 6) is -4.22. The van der Waals surface area contributed by atoms with Gasteiger partial charge in [0.1, 0.15) is 18.1 Å². The van der Waals surface area contributed by atoms with Crippen LogP contribution in [0.4, 0.5) is 0 Å². The van der Waals surface area contributed by atoms with Crippen LogP contribution in [0.25, 0.3) is 0 Å². The SMILES string of the molecule is CCCC(N)C(=O)O.N=C(N)NCCC[C@@H](N)C(=O)O.N[C@H](CCC(=O)O)C(=O)O. The minimum Gasteiger partial charge on any atom is -0.481 e. The van der Waals surface area contributed by atoms with Crippen molar-refractivity contribution in [3.8, 4) is 0 Å². The van der Waals surface area contributed by atoms with E-state index in [-0.39, 0.29) is 18.8 Å². The van der Waals surface area contributed by atoms with Crippen LogP contribution in [0.15, 0.2) is 0 Å². The molecule has 0 rings (SSSR count). The van der Waals surface area contributed by atoms with E-state index in [4.69, 9.17) is 48.8 Å². The molecule has 30 heavy (non-hydrogen) atoms. The zero-order chi connectivity index (χ0) is 24.3. The Morgan fingerprint density at radius 2 is 1.23 bits per heavy atom. The molecule has 0 heterocycles. The van der Waals surface area contributed by atoms with Gasteiger partial charge in [-0.3, -0.25) is 24.6 Å². The summed E-state index contributed by atoms with van der Waals surface area (Å²) in [5.41, 5.74) is 20.3. The van der Waals surface area contributed by atoms with Gasteiger partial charge in [0, 0.05) is 13.0 Å². The van der Waals surface area contributed by atoms with Crippen molar-refractivity contribution < 1.29 is 39.6 Å². The van der Waals surface area contributed by atoms with E-state index in [1.807, 2.05) is 6.92 Å². The Kier molecular flexibility index (Phi) is 20.5. The second kappa shape index (κ2) is 19.4. The van der Waals surface area contributed by atoms with Gasteiger partial charge in [-0.05, 0) is 25.7 Å². The molecule has 0 aliphatic rings. The van der Waals surface area contributed by atoms with Crippen molar-refractivity contribution in [3.63, 3.8) is 0 Å². The summed E-state index contributed by atoms with van der Waals surface area (Å²) in [4.78, 5) is 40.1. The summed E-state index contributed by atoms with van der Waals surface area (Å²) in [6.07, 6.45) is 2.14. The predicted molar refractivity (Wildman–Crippen MR) is 108 cm³/mol. The van der Waals surface area contributed by atoms with E-state index in [1.165, 1.54) is 0 Å². The summed E-state index contributed by atoms with van der Waals surface area (Å²) in [6.45, 7) is 2.39. The highest BCUT2D eigenvalue weighted by Gasteiger charge is 2.12. The minimum absolute atomic E-state index is 0.0231. The lowest BCUT2D eigenvalue weighted by Gasteiger charge is -2.06. The first-order valence-corrected chi connectivity index (χ1v) is 9.00. The number of hydrogen-bond donors (Lipinski definition) is 10. The molecular weight excluding hydrogens is 404 g/mol. The monoisotopic (exact) mass is 438 g/mol. The van der Waals surface area contributed by atoms with Crippen molar-refractivity contribution in [1.82, 2.24) is 5.32 Å². The van der Waals surface area contributed by atoms with Crippen LogP contribution in [0.3, 0.4) is 0 Å². The number of nitrogens with two attached hydrogens (primary N) is 4. The Bertz CT molecular complexity index is 546. The molecule has 0 aromatic carbocycles. The Labute approximate surface area is 174 Å². The molecule has 14 nitrogen and oxygen atoms in total. The quantitative estimate of drug-likeness (QED) is 0.0907. The predicted octanol–water partition coefficient (Wildman–Crippen LogP) is -1.88. The lowest BCUT2D eigenvalue weighted by molar-refractivity contribution is -0.141. The Balaban J connectivity index is -0.000000372. The van der Waals surface area contributed by atoms with Crippen molar-refractivity contribution in [3.05, 3.63) is 0 Å². The zero-order valence-electron chi connectivity index (χ0n) is 16.9. The molecule has 0 aromatic heterocycles. The average molecular weight is 438 g/mol. The molecule has 0 bridgehead atoms. The molecule has 3 atom stereocenters. The first kappa shape index (κ1) is 31.7. The molecule has 0 radical (unpaired) electrons. The van der Waals surface area contributed by atoms with Gasteiger partial charge in [-0.15, -0.1) is 0 Å². The summed E-state index contributed by atoms with van der Waals surface area (Å²) in [7, 11) is 0. The molecule has 0 aliphatic carbocycles. The topological polar surface area (TPSA) is 289 Å². The highest BCUT2D eigenvalue weighted by Crippen LogP contribution is 1.94. The largest absolute Gasteiger partial charge is 0.481 e. The number of nitrogens with one attached hydrogen (secondary N) is 2. The van der Waals surface area contributed by atoms with E-state index in [2.05, 4.69) is 5.32 Å². The van der Waals surface area contributed by atoms with Gasteiger partial charge in [-0.1, -0.05) is 13.3 Å². The molecule has 0 aliphatic heterocycles. The van der Waals surface area contributed by atoms with Crippen LogP contribution in [0.5, 0.6) is 0 Å². The molecular formula is C16H34N6O8. The second-order valence-electron chi connectivity index (χ2n) is 6.04. The average Bonchev–Trinajstić information content (AvgIpc) is 2.63. The van der Waals surface area contributed by atoms with E-state index in [1.54, 1.807) is 0 Å². The standard InChI is InChI=1S/C6H14N4O2.C5H9NO4.C5H11NO2/c7-4(5(11)12)2-1-3-10-6(8)9;6-3(5(9)10)1-2-4(7)8;1-2-3-4(6)5(7)8/h4H,1-3,7H2,(H,11,12)(H4,8,9,10);3H,1-2,6H2,(H,7,8)(H,9,10);4H,2-3,6H2,1H3,(H,7,8)/t4-;3-;/m11./s1. The molecule has 14 N–H and O–H groups in total. The van der Waals surface area contributed by atoms with E-state index >= 15 is 0 Å². The lowest BCUT2D eigenvalue weighted by atomic mass is 10.2. The Morgan fingerprint density at radius 1 is 0.833 bits per heavy atom. The molecule has 14 heteroatoms. The van der Waals surface area contributed by atoms with Crippen LogP contribution in [0, 0.1) is 5.41 Å². The van der Waals surface area contributed by atoms with Crippen molar-refractivity contribution in [2.45, 2.75) is 63.6 Å². The van der Waals surface area contributed by atoms with E-state index in [0.717, 1.165) is 6.42 Å². The highest BCUT2D eigenvalue weighted by molar-refractivity contribution is 5.75. The van der Waals surface area contributed by atoms with Gasteiger partial charge < -0.3 is 48.7 Å². The third-order valence-corrected chi connectivity index (χ3v) is 3.23. The van der Waals surface area contributed by atoms with Crippen LogP contribution >= 0.6 is 0 Å². The Hall–Kier alpha value is -2.97. The van der Waals surface area contributed by atoms with Crippen LogP contribution in [0.2, 0.25) is 0 Å². The van der Waals surface area contributed by atoms with Crippen molar-refractivity contribution in [2.75, 3.05) is 6.54 Å². The lowest BCUT2D eigenvalue weighted by Crippen LogP contribution is -2.34. The second-order valence-corrected chi connectivity index (χ2v) is 6.04. The third-order valence-electron chi connectivity index (χ3n) is 3.23. The zero-order valence-corrected chi connectivity index (χ0v) is 16.9. The first-order valence-electron chi connectivity index (χ1n) is 9.00. The fourth-order valence-electron chi connectivity index (χ4n) is 1.51. The number of carboxylic acid groups (broad SMARTS) is 4. The number of carboxylic acids is 4. The van der Waals surface area contributed by atoms with E-state index < -0.39 is 42.0 Å². The van der Waals surface area contributed by atoms with Gasteiger partial charge >= 0.3 is 23.9 Å². The summed E-state index contributed by atoms with van der Waals surface area (Å²) in [5, 5.41) is 42.2. The van der Waals surface area contributed by atoms with E-state index in [0.29, 0.717) is 25.8 Å². The van der Waals surface area contributed by atoms with E-state index in [9.17, 15) is 19.2 Å². The van der Waals surface area contributed by atoms with Crippen molar-refractivity contribution >= 4 is 29.8 Å². The van der Waals surface area contributed by atoms with Crippen LogP contribution in [-0.4, -0.2) is 74.9 Å². The highest BCUT2D eigenvalue weighted by atomic mass is 16.4. The number of carbonyl (C=O) groups is 4. The first-order chi connectivity index (χ1) is 13.8. The number of guanidine groups is 1. The maximum atomic E-state index is 10.2. The van der Waals surface area contributed by atoms with Gasteiger partial charge in [-0.2, -0.15) is 0 Å². The third kappa shape index (κ3) is 25.0. The fourth-order valence-corrected chi connectivity index (χ4v) is 1.51. The number of rotatable bonds is 12. The van der Waals surface area contributed by atoms with Crippen molar-refractivity contribution in [1.29, 1.82) is 5.41 Å². The molecule has 0 aromatic rings. The van der Waals surface area contributed by atoms with Gasteiger partial charge in [0.15, 0.2) is 5.96 Å². The van der Waals surface area contributed by atoms with Crippen LogP contribution in [-0.2, 0) is 19.2 Å². The molecule has 0 spiro atoms. The molecule has 0 saturated carbocycles. The summed E-state index contributed by atoms with van der Waals surface area (Å²) in [6, 6.07) is -2.55. The molecule has 0 amide bonds. The summed E-state index contributed by atoms with van der Waals surface area (Å²) < 4.78 is 0. The molecule has 176 valence electrons. The number of hydrogen-bond acceptors (Lipinski definition) is 8. The molecule has 0 saturated heterocycles. The minimum atomic E-state index is -1.17. The van der Waals surface area contributed by atoms with Gasteiger partial charge in [0.25, 0.3) is 0 Å². The van der Waals surface area contributed by atoms with Crippen LogP contribution < -0.4 is 28.3 Å². The summed E-state index contributed by atoms with van der Waals surface area (Å²) >= 11 is 0. The molecule has 0 fully saturated rings. The van der Waals surface area contributed by atoms with Crippen molar-refractivity contribution in [2.24, 2.45) is 22.9 Å². The fraction of sp³-hybridized carbons (Fsp3) is 0.688. The van der Waals surface area contributed by atoms with Gasteiger partial charge in [-0.25, -0.2) is 0 Å². The number of aliphatic carboxylic acids is 4. The normalized spacial score (nSPS) is 12.5.